The van der Waals surface area contributed by atoms with Crippen molar-refractivity contribution in [1.29, 1.82) is 0 Å². The molecule has 0 saturated carbocycles. The summed E-state index contributed by atoms with van der Waals surface area (Å²) in [7, 11) is 1.63. The van der Waals surface area contributed by atoms with Crippen LogP contribution in [0.5, 0.6) is 5.75 Å². The van der Waals surface area contributed by atoms with Crippen molar-refractivity contribution < 1.29 is 24.1 Å². The van der Waals surface area contributed by atoms with Crippen LogP contribution < -0.4 is 10.1 Å². The van der Waals surface area contributed by atoms with Crippen LogP contribution >= 0.6 is 0 Å². The number of hydrogen-bond donors (Lipinski definition) is 3. The molecule has 1 atom stereocenters. The molecule has 25 heavy (non-hydrogen) atoms. The van der Waals surface area contributed by atoms with Gasteiger partial charge in [0, 0.05) is 37.0 Å². The third-order valence-corrected chi connectivity index (χ3v) is 4.58. The Morgan fingerprint density at radius 3 is 2.84 bits per heavy atom. The van der Waals surface area contributed by atoms with Crippen LogP contribution in [0.15, 0.2) is 29.7 Å². The molecular formula is C18H20N2O5. The highest BCUT2D eigenvalue weighted by atomic mass is 16.8. The SMILES string of the molecule is COc1ccc2[nH]c3c(c2c1)CCN[C@H]3C1=C(O)OC(C)(C)OC1=O. The molecule has 0 aliphatic carbocycles. The van der Waals surface area contributed by atoms with E-state index in [4.69, 9.17) is 14.2 Å². The lowest BCUT2D eigenvalue weighted by Gasteiger charge is -2.34. The van der Waals surface area contributed by atoms with Crippen molar-refractivity contribution in [2.24, 2.45) is 0 Å². The maximum Gasteiger partial charge on any atom is 0.346 e. The Bertz CT molecular complexity index is 896. The summed E-state index contributed by atoms with van der Waals surface area (Å²) in [4.78, 5) is 15.8. The Kier molecular flexibility index (Phi) is 3.43. The van der Waals surface area contributed by atoms with Gasteiger partial charge in [0.05, 0.1) is 13.2 Å². The smallest absolute Gasteiger partial charge is 0.346 e. The Labute approximate surface area is 144 Å². The second kappa shape index (κ2) is 5.42. The highest BCUT2D eigenvalue weighted by molar-refractivity contribution is 5.93. The van der Waals surface area contributed by atoms with Crippen molar-refractivity contribution in [2.45, 2.75) is 32.1 Å². The number of hydrogen-bond acceptors (Lipinski definition) is 6. The van der Waals surface area contributed by atoms with Crippen molar-refractivity contribution in [3.63, 3.8) is 0 Å². The molecule has 3 heterocycles. The van der Waals surface area contributed by atoms with Gasteiger partial charge >= 0.3 is 5.97 Å². The van der Waals surface area contributed by atoms with Crippen LogP contribution in [-0.2, 0) is 20.7 Å². The van der Waals surface area contributed by atoms with E-state index in [-0.39, 0.29) is 5.57 Å². The first-order chi connectivity index (χ1) is 11.9. The van der Waals surface area contributed by atoms with Crippen LogP contribution in [0.2, 0.25) is 0 Å². The number of aromatic nitrogens is 1. The molecule has 7 heteroatoms. The fraction of sp³-hybridized carbons (Fsp3) is 0.389. The van der Waals surface area contributed by atoms with Gasteiger partial charge in [0.1, 0.15) is 11.3 Å². The molecular weight excluding hydrogens is 324 g/mol. The third-order valence-electron chi connectivity index (χ3n) is 4.58. The van der Waals surface area contributed by atoms with E-state index in [1.165, 1.54) is 0 Å². The number of methoxy groups -OCH3 is 1. The predicted molar refractivity (Wildman–Crippen MR) is 90.2 cm³/mol. The lowest BCUT2D eigenvalue weighted by atomic mass is 9.94. The monoisotopic (exact) mass is 344 g/mol. The Morgan fingerprint density at radius 2 is 2.12 bits per heavy atom. The van der Waals surface area contributed by atoms with Crippen LogP contribution in [0.1, 0.15) is 31.1 Å². The van der Waals surface area contributed by atoms with Crippen LogP contribution in [0.4, 0.5) is 0 Å². The third kappa shape index (κ3) is 2.51. The summed E-state index contributed by atoms with van der Waals surface area (Å²) in [6.45, 7) is 3.81. The van der Waals surface area contributed by atoms with Gasteiger partial charge in [-0.15, -0.1) is 0 Å². The molecule has 0 bridgehead atoms. The highest BCUT2D eigenvalue weighted by Gasteiger charge is 2.42. The number of carbonyl (C=O) groups is 1. The molecule has 0 unspecified atom stereocenters. The number of aromatic amines is 1. The maximum absolute atomic E-state index is 12.5. The summed E-state index contributed by atoms with van der Waals surface area (Å²) in [6, 6.07) is 5.27. The maximum atomic E-state index is 12.5. The average molecular weight is 344 g/mol. The normalized spacial score (nSPS) is 22.4. The number of rotatable bonds is 2. The lowest BCUT2D eigenvalue weighted by molar-refractivity contribution is -0.222. The second-order valence-electron chi connectivity index (χ2n) is 6.68. The Balaban J connectivity index is 1.84. The molecule has 0 spiro atoms. The zero-order chi connectivity index (χ0) is 17.8. The molecule has 3 N–H and O–H groups in total. The van der Waals surface area contributed by atoms with E-state index in [9.17, 15) is 9.90 Å². The average Bonchev–Trinajstić information content (AvgIpc) is 2.91. The van der Waals surface area contributed by atoms with Crippen molar-refractivity contribution >= 4 is 16.9 Å². The predicted octanol–water partition coefficient (Wildman–Crippen LogP) is 2.44. The van der Waals surface area contributed by atoms with E-state index < -0.39 is 23.7 Å². The first kappa shape index (κ1) is 15.8. The summed E-state index contributed by atoms with van der Waals surface area (Å²) < 4.78 is 15.9. The van der Waals surface area contributed by atoms with Gasteiger partial charge in [-0.3, -0.25) is 0 Å². The number of cyclic esters (lactones) is 1. The summed E-state index contributed by atoms with van der Waals surface area (Å²) >= 11 is 0. The van der Waals surface area contributed by atoms with E-state index in [2.05, 4.69) is 10.3 Å². The number of fused-ring (bicyclic) bond motifs is 3. The summed E-state index contributed by atoms with van der Waals surface area (Å²) in [6.07, 6.45) is 0.800. The van der Waals surface area contributed by atoms with E-state index in [0.29, 0.717) is 6.54 Å². The topological polar surface area (TPSA) is 92.8 Å². The number of aliphatic hydroxyl groups is 1. The van der Waals surface area contributed by atoms with Crippen molar-refractivity contribution in [3.05, 3.63) is 41.0 Å². The van der Waals surface area contributed by atoms with Crippen molar-refractivity contribution in [1.82, 2.24) is 10.3 Å². The molecule has 0 saturated heterocycles. The minimum Gasteiger partial charge on any atom is -0.497 e. The van der Waals surface area contributed by atoms with Crippen LogP contribution in [0.25, 0.3) is 10.9 Å². The number of ether oxygens (including phenoxy) is 3. The number of esters is 1. The molecule has 0 amide bonds. The Morgan fingerprint density at radius 1 is 1.32 bits per heavy atom. The number of benzene rings is 1. The first-order valence-electron chi connectivity index (χ1n) is 8.17. The van der Waals surface area contributed by atoms with Crippen LogP contribution in [0, 0.1) is 0 Å². The Hall–Kier alpha value is -2.67. The van der Waals surface area contributed by atoms with Gasteiger partial charge < -0.3 is 29.6 Å². The van der Waals surface area contributed by atoms with Crippen molar-refractivity contribution in [3.8, 4) is 5.75 Å². The van der Waals surface area contributed by atoms with Gasteiger partial charge in [0.25, 0.3) is 11.7 Å². The van der Waals surface area contributed by atoms with Crippen molar-refractivity contribution in [2.75, 3.05) is 13.7 Å². The molecule has 1 aromatic heterocycles. The fourth-order valence-corrected chi connectivity index (χ4v) is 3.50. The zero-order valence-corrected chi connectivity index (χ0v) is 14.3. The standard InChI is InChI=1S/C18H20N2O5/c1-18(2)24-16(21)13(17(22)25-18)15-14-10(6-7-19-15)11-8-9(23-3)4-5-12(11)20-14/h4-5,8,15,19-21H,6-7H2,1-3H3/t15-/m0/s1. The molecule has 7 nitrogen and oxygen atoms in total. The van der Waals surface area contributed by atoms with E-state index in [1.54, 1.807) is 21.0 Å². The molecule has 4 rings (SSSR count). The van der Waals surface area contributed by atoms with E-state index in [0.717, 1.165) is 34.3 Å². The molecule has 2 aromatic rings. The largest absolute Gasteiger partial charge is 0.497 e. The minimum absolute atomic E-state index is 0.0822. The van der Waals surface area contributed by atoms with E-state index in [1.807, 2.05) is 18.2 Å². The zero-order valence-electron chi connectivity index (χ0n) is 14.3. The second-order valence-corrected chi connectivity index (χ2v) is 6.68. The molecule has 132 valence electrons. The number of H-pyrrole nitrogens is 1. The number of nitrogens with one attached hydrogen (secondary N) is 2. The molecule has 1 aromatic carbocycles. The van der Waals surface area contributed by atoms with Gasteiger partial charge in [-0.1, -0.05) is 0 Å². The van der Waals surface area contributed by atoms with Gasteiger partial charge in [-0.05, 0) is 30.2 Å². The number of carbonyl (C=O) groups excluding carboxylic acids is 1. The van der Waals surface area contributed by atoms with Gasteiger partial charge in [0.15, 0.2) is 0 Å². The minimum atomic E-state index is -1.18. The number of aliphatic hydroxyl groups excluding tert-OH is 1. The summed E-state index contributed by atoms with van der Waals surface area (Å²) in [5.74, 6) is -1.40. The first-order valence-corrected chi connectivity index (χ1v) is 8.17. The fourth-order valence-electron chi connectivity index (χ4n) is 3.50. The quantitative estimate of drug-likeness (QED) is 0.725. The highest BCUT2D eigenvalue weighted by Crippen LogP contribution is 2.38. The lowest BCUT2D eigenvalue weighted by Crippen LogP contribution is -2.42. The molecule has 0 radical (unpaired) electrons. The summed E-state index contributed by atoms with van der Waals surface area (Å²) in [5, 5.41) is 14.6. The van der Waals surface area contributed by atoms with Gasteiger partial charge in [0.2, 0.25) is 0 Å². The van der Waals surface area contributed by atoms with E-state index >= 15 is 0 Å². The van der Waals surface area contributed by atoms with Gasteiger partial charge in [-0.2, -0.15) is 0 Å². The van der Waals surface area contributed by atoms with Gasteiger partial charge in [-0.25, -0.2) is 4.79 Å². The van der Waals surface area contributed by atoms with Crippen LogP contribution in [0.3, 0.4) is 0 Å². The van der Waals surface area contributed by atoms with Crippen LogP contribution in [-0.4, -0.2) is 35.5 Å². The summed E-state index contributed by atoms with van der Waals surface area (Å²) in [5.41, 5.74) is 2.95. The molecule has 2 aliphatic heterocycles. The molecule has 0 fully saturated rings. The molecule has 2 aliphatic rings.